The van der Waals surface area contributed by atoms with Gasteiger partial charge in [0.1, 0.15) is 5.75 Å². The minimum atomic E-state index is -2.90. The maximum absolute atomic E-state index is 12.3. The van der Waals surface area contributed by atoms with Crippen molar-refractivity contribution >= 4 is 17.6 Å². The molecule has 1 amide bonds. The number of aliphatic carboxylic acids is 1. The van der Waals surface area contributed by atoms with E-state index in [1.165, 1.54) is 24.3 Å². The summed E-state index contributed by atoms with van der Waals surface area (Å²) in [6, 6.07) is 5.14. The summed E-state index contributed by atoms with van der Waals surface area (Å²) >= 11 is 0. The van der Waals surface area contributed by atoms with Gasteiger partial charge in [-0.15, -0.1) is 0 Å². The van der Waals surface area contributed by atoms with E-state index >= 15 is 0 Å². The van der Waals surface area contributed by atoms with Crippen LogP contribution < -0.4 is 10.1 Å². The van der Waals surface area contributed by atoms with Crippen molar-refractivity contribution in [3.05, 3.63) is 24.3 Å². The number of amides is 1. The van der Waals surface area contributed by atoms with Crippen LogP contribution in [0.1, 0.15) is 19.8 Å². The summed E-state index contributed by atoms with van der Waals surface area (Å²) < 4.78 is 28.4. The van der Waals surface area contributed by atoms with Crippen molar-refractivity contribution < 1.29 is 28.2 Å². The maximum Gasteiger partial charge on any atom is 0.387 e. The van der Waals surface area contributed by atoms with E-state index in [9.17, 15) is 18.4 Å². The number of anilines is 1. The number of nitrogens with zero attached hydrogens (tertiary/aromatic N) is 1. The first-order valence-corrected chi connectivity index (χ1v) is 7.69. The fourth-order valence-corrected chi connectivity index (χ4v) is 2.69. The van der Waals surface area contributed by atoms with E-state index in [4.69, 9.17) is 5.11 Å². The van der Waals surface area contributed by atoms with Crippen molar-refractivity contribution in [1.29, 1.82) is 0 Å². The predicted molar refractivity (Wildman–Crippen MR) is 83.1 cm³/mol. The van der Waals surface area contributed by atoms with Crippen LogP contribution in [-0.2, 0) is 9.59 Å². The summed E-state index contributed by atoms with van der Waals surface area (Å²) in [7, 11) is 0. The first-order chi connectivity index (χ1) is 11.4. The number of carbonyl (C=O) groups is 2. The monoisotopic (exact) mass is 342 g/mol. The molecule has 0 bridgehead atoms. The lowest BCUT2D eigenvalue weighted by Crippen LogP contribution is -2.48. The smallest absolute Gasteiger partial charge is 0.387 e. The standard InChI is InChI=1S/C16H20F2N2O4/c1-10(20-8-2-3-11(9-20)15(22)23)14(21)19-12-4-6-13(7-5-12)24-16(17)18/h4-7,10-11,16H,2-3,8-9H2,1H3,(H,19,21)(H,22,23). The molecule has 1 fully saturated rings. The zero-order chi connectivity index (χ0) is 17.7. The van der Waals surface area contributed by atoms with Crippen LogP contribution in [0.4, 0.5) is 14.5 Å². The van der Waals surface area contributed by atoms with E-state index in [1.807, 2.05) is 4.90 Å². The average molecular weight is 342 g/mol. The fourth-order valence-electron chi connectivity index (χ4n) is 2.69. The molecular weight excluding hydrogens is 322 g/mol. The Kier molecular flexibility index (Phi) is 6.08. The molecule has 1 heterocycles. The lowest BCUT2D eigenvalue weighted by Gasteiger charge is -2.34. The van der Waals surface area contributed by atoms with Gasteiger partial charge in [0.2, 0.25) is 5.91 Å². The van der Waals surface area contributed by atoms with Crippen molar-refractivity contribution in [3.63, 3.8) is 0 Å². The number of ether oxygens (including phenoxy) is 1. The Morgan fingerprint density at radius 1 is 1.33 bits per heavy atom. The molecule has 24 heavy (non-hydrogen) atoms. The van der Waals surface area contributed by atoms with E-state index in [0.717, 1.165) is 6.42 Å². The molecule has 1 aliphatic heterocycles. The van der Waals surface area contributed by atoms with Crippen molar-refractivity contribution in [2.24, 2.45) is 5.92 Å². The number of nitrogens with one attached hydrogen (secondary N) is 1. The SMILES string of the molecule is CC(C(=O)Nc1ccc(OC(F)F)cc1)N1CCCC(C(=O)O)C1. The molecule has 2 N–H and O–H groups in total. The first kappa shape index (κ1) is 18.1. The number of likely N-dealkylation sites (tertiary alicyclic amines) is 1. The Bertz CT molecular complexity index is 580. The van der Waals surface area contributed by atoms with Crippen LogP contribution in [-0.4, -0.2) is 47.6 Å². The second-order valence-electron chi connectivity index (χ2n) is 5.74. The minimum Gasteiger partial charge on any atom is -0.481 e. The molecule has 0 aliphatic carbocycles. The summed E-state index contributed by atoms with van der Waals surface area (Å²) in [5, 5.41) is 11.8. The quantitative estimate of drug-likeness (QED) is 0.830. The van der Waals surface area contributed by atoms with Gasteiger partial charge in [-0.1, -0.05) is 0 Å². The number of hydrogen-bond donors (Lipinski definition) is 2. The zero-order valence-corrected chi connectivity index (χ0v) is 13.2. The molecule has 2 unspecified atom stereocenters. The number of carboxylic acids is 1. The summed E-state index contributed by atoms with van der Waals surface area (Å²) in [5.74, 6) is -1.57. The van der Waals surface area contributed by atoms with E-state index in [2.05, 4.69) is 10.1 Å². The number of alkyl halides is 2. The molecule has 1 aromatic rings. The van der Waals surface area contributed by atoms with Gasteiger partial charge in [-0.05, 0) is 50.6 Å². The van der Waals surface area contributed by atoms with Crippen LogP contribution in [0.25, 0.3) is 0 Å². The van der Waals surface area contributed by atoms with Crippen LogP contribution >= 0.6 is 0 Å². The normalized spacial score (nSPS) is 19.8. The van der Waals surface area contributed by atoms with Crippen molar-refractivity contribution in [2.45, 2.75) is 32.4 Å². The summed E-state index contributed by atoms with van der Waals surface area (Å²) in [6.45, 7) is -0.176. The molecule has 1 aromatic carbocycles. The van der Waals surface area contributed by atoms with Gasteiger partial charge in [-0.3, -0.25) is 14.5 Å². The Morgan fingerprint density at radius 2 is 2.00 bits per heavy atom. The van der Waals surface area contributed by atoms with Crippen LogP contribution in [0.15, 0.2) is 24.3 Å². The molecule has 1 saturated heterocycles. The van der Waals surface area contributed by atoms with Gasteiger partial charge in [0, 0.05) is 12.2 Å². The highest BCUT2D eigenvalue weighted by atomic mass is 19.3. The number of piperidine rings is 1. The number of carbonyl (C=O) groups excluding carboxylic acids is 1. The largest absolute Gasteiger partial charge is 0.481 e. The number of rotatable bonds is 6. The molecule has 2 rings (SSSR count). The van der Waals surface area contributed by atoms with Crippen molar-refractivity contribution in [1.82, 2.24) is 4.90 Å². The second-order valence-corrected chi connectivity index (χ2v) is 5.74. The number of hydrogen-bond acceptors (Lipinski definition) is 4. The Balaban J connectivity index is 1.92. The second kappa shape index (κ2) is 8.05. The third-order valence-electron chi connectivity index (χ3n) is 4.08. The first-order valence-electron chi connectivity index (χ1n) is 7.69. The van der Waals surface area contributed by atoms with Crippen molar-refractivity contribution in [2.75, 3.05) is 18.4 Å². The fraction of sp³-hybridized carbons (Fsp3) is 0.500. The highest BCUT2D eigenvalue weighted by molar-refractivity contribution is 5.94. The Hall–Kier alpha value is -2.22. The Labute approximate surface area is 138 Å². The van der Waals surface area contributed by atoms with Crippen LogP contribution in [0.5, 0.6) is 5.75 Å². The van der Waals surface area contributed by atoms with Gasteiger partial charge in [0.15, 0.2) is 0 Å². The summed E-state index contributed by atoms with van der Waals surface area (Å²) in [5.41, 5.74) is 0.459. The third kappa shape index (κ3) is 4.89. The molecular formula is C16H20F2N2O4. The van der Waals surface area contributed by atoms with Gasteiger partial charge < -0.3 is 15.2 Å². The van der Waals surface area contributed by atoms with Gasteiger partial charge in [0.05, 0.1) is 12.0 Å². The number of halogens is 2. The average Bonchev–Trinajstić information content (AvgIpc) is 2.55. The highest BCUT2D eigenvalue weighted by Gasteiger charge is 2.30. The predicted octanol–water partition coefficient (Wildman–Crippen LogP) is 2.41. The van der Waals surface area contributed by atoms with Crippen LogP contribution in [0.3, 0.4) is 0 Å². The van der Waals surface area contributed by atoms with E-state index in [-0.39, 0.29) is 11.7 Å². The molecule has 132 valence electrons. The summed E-state index contributed by atoms with van der Waals surface area (Å²) in [6.07, 6.45) is 1.35. The molecule has 0 saturated carbocycles. The van der Waals surface area contributed by atoms with Gasteiger partial charge in [-0.25, -0.2) is 0 Å². The molecule has 1 aliphatic rings. The van der Waals surface area contributed by atoms with E-state index in [0.29, 0.717) is 25.2 Å². The van der Waals surface area contributed by atoms with Crippen molar-refractivity contribution in [3.8, 4) is 5.75 Å². The van der Waals surface area contributed by atoms with Crippen LogP contribution in [0.2, 0.25) is 0 Å². The number of benzene rings is 1. The minimum absolute atomic E-state index is 0.0105. The Morgan fingerprint density at radius 3 is 2.58 bits per heavy atom. The van der Waals surface area contributed by atoms with Gasteiger partial charge in [0.25, 0.3) is 0 Å². The van der Waals surface area contributed by atoms with Crippen LogP contribution in [0, 0.1) is 5.92 Å². The third-order valence-corrected chi connectivity index (χ3v) is 4.08. The maximum atomic E-state index is 12.3. The molecule has 0 aromatic heterocycles. The van der Waals surface area contributed by atoms with Gasteiger partial charge in [-0.2, -0.15) is 8.78 Å². The lowest BCUT2D eigenvalue weighted by atomic mass is 9.97. The molecule has 6 nitrogen and oxygen atoms in total. The molecule has 0 spiro atoms. The zero-order valence-electron chi connectivity index (χ0n) is 13.2. The van der Waals surface area contributed by atoms with Gasteiger partial charge >= 0.3 is 12.6 Å². The van der Waals surface area contributed by atoms with E-state index < -0.39 is 24.5 Å². The highest BCUT2D eigenvalue weighted by Crippen LogP contribution is 2.21. The topological polar surface area (TPSA) is 78.9 Å². The number of carboxylic acid groups (broad SMARTS) is 1. The summed E-state index contributed by atoms with van der Waals surface area (Å²) in [4.78, 5) is 25.2. The van der Waals surface area contributed by atoms with E-state index in [1.54, 1.807) is 6.92 Å². The lowest BCUT2D eigenvalue weighted by molar-refractivity contribution is -0.144. The molecule has 8 heteroatoms. The molecule has 0 radical (unpaired) electrons. The molecule has 2 atom stereocenters.